The molecule has 0 aromatic rings. The lowest BCUT2D eigenvalue weighted by atomic mass is 10.0. The first-order valence-electron chi connectivity index (χ1n) is 35.8. The molecule has 0 aliphatic heterocycles. The van der Waals surface area contributed by atoms with Gasteiger partial charge in [-0.3, -0.25) is 9.59 Å². The molecule has 6 nitrogen and oxygen atoms in total. The van der Waals surface area contributed by atoms with Crippen molar-refractivity contribution < 1.29 is 24.5 Å². The van der Waals surface area contributed by atoms with Crippen LogP contribution in [-0.4, -0.2) is 47.4 Å². The molecular weight excluding hydrogens is 971 g/mol. The molecule has 0 fully saturated rings. The van der Waals surface area contributed by atoms with Crippen molar-refractivity contribution in [3.8, 4) is 0 Å². The van der Waals surface area contributed by atoms with Crippen LogP contribution in [0.15, 0.2) is 36.5 Å². The number of aliphatic hydroxyl groups is 2. The molecule has 0 bridgehead atoms. The van der Waals surface area contributed by atoms with E-state index in [0.717, 1.165) is 44.9 Å². The summed E-state index contributed by atoms with van der Waals surface area (Å²) in [5.74, 6) is -0.0511. The highest BCUT2D eigenvalue weighted by Crippen LogP contribution is 2.18. The Morgan fingerprint density at radius 3 is 0.899 bits per heavy atom. The smallest absolute Gasteiger partial charge is 0.305 e. The minimum Gasteiger partial charge on any atom is -0.466 e. The first-order valence-corrected chi connectivity index (χ1v) is 35.8. The van der Waals surface area contributed by atoms with Crippen molar-refractivity contribution in [2.24, 2.45) is 0 Å². The molecule has 0 aliphatic rings. The predicted molar refractivity (Wildman–Crippen MR) is 347 cm³/mol. The summed E-state index contributed by atoms with van der Waals surface area (Å²) in [6, 6.07) is -0.623. The van der Waals surface area contributed by atoms with E-state index in [2.05, 4.69) is 43.5 Å². The van der Waals surface area contributed by atoms with Crippen LogP contribution in [0.2, 0.25) is 0 Å². The largest absolute Gasteiger partial charge is 0.466 e. The molecular formula is C73H139NO5. The second-order valence-electron chi connectivity index (χ2n) is 24.6. The third kappa shape index (κ3) is 65.1. The van der Waals surface area contributed by atoms with Crippen LogP contribution in [0.4, 0.5) is 0 Å². The van der Waals surface area contributed by atoms with Crippen molar-refractivity contribution >= 4 is 11.9 Å². The summed E-state index contributed by atoms with van der Waals surface area (Å²) in [6.45, 7) is 4.90. The number of aliphatic hydroxyl groups excluding tert-OH is 2. The van der Waals surface area contributed by atoms with Gasteiger partial charge in [0, 0.05) is 12.8 Å². The highest BCUT2D eigenvalue weighted by atomic mass is 16.5. The van der Waals surface area contributed by atoms with Crippen LogP contribution in [0, 0.1) is 0 Å². The summed E-state index contributed by atoms with van der Waals surface area (Å²) < 4.78 is 5.49. The maximum Gasteiger partial charge on any atom is 0.305 e. The van der Waals surface area contributed by atoms with Crippen LogP contribution < -0.4 is 5.32 Å². The number of hydrogen-bond donors (Lipinski definition) is 3. The van der Waals surface area contributed by atoms with E-state index in [1.165, 1.54) is 321 Å². The van der Waals surface area contributed by atoms with E-state index in [9.17, 15) is 19.8 Å². The molecule has 0 heterocycles. The number of allylic oxidation sites excluding steroid dienone is 5. The van der Waals surface area contributed by atoms with Gasteiger partial charge in [0.05, 0.1) is 25.4 Å². The Balaban J connectivity index is 3.31. The number of esters is 1. The molecule has 2 atom stereocenters. The Morgan fingerprint density at radius 1 is 0.342 bits per heavy atom. The van der Waals surface area contributed by atoms with E-state index >= 15 is 0 Å². The van der Waals surface area contributed by atoms with Gasteiger partial charge in [-0.15, -0.1) is 0 Å². The zero-order chi connectivity index (χ0) is 57.1. The monoisotopic (exact) mass is 1110 g/mol. The van der Waals surface area contributed by atoms with E-state index in [4.69, 9.17) is 4.74 Å². The molecule has 0 radical (unpaired) electrons. The number of hydrogen-bond acceptors (Lipinski definition) is 5. The first kappa shape index (κ1) is 77.1. The minimum absolute atomic E-state index is 0.0135. The predicted octanol–water partition coefficient (Wildman–Crippen LogP) is 23.1. The summed E-state index contributed by atoms with van der Waals surface area (Å²) in [4.78, 5) is 24.5. The van der Waals surface area contributed by atoms with E-state index < -0.39 is 12.1 Å². The van der Waals surface area contributed by atoms with E-state index in [1.54, 1.807) is 6.08 Å². The molecule has 0 aliphatic carbocycles. The zero-order valence-corrected chi connectivity index (χ0v) is 53.4. The van der Waals surface area contributed by atoms with Gasteiger partial charge in [0.15, 0.2) is 0 Å². The van der Waals surface area contributed by atoms with Crippen molar-refractivity contribution in [2.45, 2.75) is 405 Å². The lowest BCUT2D eigenvalue weighted by Gasteiger charge is -2.20. The molecule has 0 spiro atoms. The SMILES string of the molecule is CCCCCCCC/C=C\CCCCCCCC(=O)OCCCCCCCCCCCCCCCCCC/C=C\CCCCCCCCCCCCCCCCCCCC(=O)NC(CO)C(O)/C=C/CCCCCCCCCC. The zero-order valence-electron chi connectivity index (χ0n) is 53.4. The fourth-order valence-electron chi connectivity index (χ4n) is 11.2. The Labute approximate surface area is 494 Å². The topological polar surface area (TPSA) is 95.9 Å². The number of rotatable bonds is 67. The van der Waals surface area contributed by atoms with Crippen LogP contribution in [0.5, 0.6) is 0 Å². The van der Waals surface area contributed by atoms with Crippen LogP contribution >= 0.6 is 0 Å². The van der Waals surface area contributed by atoms with Gasteiger partial charge in [-0.1, -0.05) is 333 Å². The normalized spacial score (nSPS) is 12.7. The van der Waals surface area contributed by atoms with Gasteiger partial charge in [-0.05, 0) is 83.5 Å². The number of ether oxygens (including phenoxy) is 1. The molecule has 0 aromatic carbocycles. The Morgan fingerprint density at radius 2 is 0.595 bits per heavy atom. The van der Waals surface area contributed by atoms with Crippen LogP contribution in [-0.2, 0) is 14.3 Å². The summed E-state index contributed by atoms with van der Waals surface area (Å²) in [7, 11) is 0. The standard InChI is InChI=1S/C73H139NO5/c1-3-5-7-9-11-13-15-16-40-44-47-51-55-59-63-67-73(78)79-68-64-60-56-52-48-45-42-39-37-35-33-31-29-27-25-23-21-19-17-18-20-22-24-26-28-30-32-34-36-38-41-43-46-50-54-58-62-66-72(77)74-70(69-75)71(76)65-61-57-53-49-14-12-10-8-6-4-2/h16-17,19,40,61,65,70-71,75-76H,3-15,18,20-39,41-60,62-64,66-69H2,1-2H3,(H,74,77)/b19-17-,40-16-,65-61+. The van der Waals surface area contributed by atoms with Crippen molar-refractivity contribution in [3.63, 3.8) is 0 Å². The maximum absolute atomic E-state index is 12.4. The van der Waals surface area contributed by atoms with E-state index in [1.807, 2.05) is 6.08 Å². The van der Waals surface area contributed by atoms with Gasteiger partial charge in [0.25, 0.3) is 0 Å². The molecule has 1 amide bonds. The lowest BCUT2D eigenvalue weighted by Crippen LogP contribution is -2.45. The second-order valence-corrected chi connectivity index (χ2v) is 24.6. The average molecular weight is 1110 g/mol. The molecule has 6 heteroatoms. The first-order chi connectivity index (χ1) is 39.0. The van der Waals surface area contributed by atoms with Gasteiger partial charge < -0.3 is 20.3 Å². The molecule has 2 unspecified atom stereocenters. The summed E-state index contributed by atoms with van der Waals surface area (Å²) >= 11 is 0. The lowest BCUT2D eigenvalue weighted by molar-refractivity contribution is -0.143. The molecule has 79 heavy (non-hydrogen) atoms. The van der Waals surface area contributed by atoms with Gasteiger partial charge in [0.2, 0.25) is 5.91 Å². The van der Waals surface area contributed by atoms with Gasteiger partial charge >= 0.3 is 5.97 Å². The van der Waals surface area contributed by atoms with Gasteiger partial charge in [-0.2, -0.15) is 0 Å². The number of carbonyl (C=O) groups excluding carboxylic acids is 2. The van der Waals surface area contributed by atoms with Crippen molar-refractivity contribution in [3.05, 3.63) is 36.5 Å². The quantitative estimate of drug-likeness (QED) is 0.0320. The maximum atomic E-state index is 12.4. The van der Waals surface area contributed by atoms with Crippen LogP contribution in [0.1, 0.15) is 393 Å². The van der Waals surface area contributed by atoms with Crippen LogP contribution in [0.3, 0.4) is 0 Å². The molecule has 466 valence electrons. The Kier molecular flexibility index (Phi) is 66.9. The third-order valence-electron chi connectivity index (χ3n) is 16.6. The highest BCUT2D eigenvalue weighted by Gasteiger charge is 2.18. The number of amides is 1. The molecule has 0 saturated heterocycles. The summed E-state index contributed by atoms with van der Waals surface area (Å²) in [5, 5.41) is 23.0. The Bertz CT molecular complexity index is 1280. The van der Waals surface area contributed by atoms with Gasteiger partial charge in [-0.25, -0.2) is 0 Å². The average Bonchev–Trinajstić information content (AvgIpc) is 3.45. The van der Waals surface area contributed by atoms with E-state index in [0.29, 0.717) is 19.4 Å². The Hall–Kier alpha value is -1.92. The minimum atomic E-state index is -0.839. The molecule has 0 aromatic heterocycles. The molecule has 0 saturated carbocycles. The van der Waals surface area contributed by atoms with E-state index in [-0.39, 0.29) is 18.5 Å². The van der Waals surface area contributed by atoms with Crippen LogP contribution in [0.25, 0.3) is 0 Å². The van der Waals surface area contributed by atoms with Crippen molar-refractivity contribution in [1.29, 1.82) is 0 Å². The summed E-state index contributed by atoms with van der Waals surface area (Å²) in [5.41, 5.74) is 0. The number of unbranched alkanes of at least 4 members (excludes halogenated alkanes) is 52. The van der Waals surface area contributed by atoms with Crippen molar-refractivity contribution in [1.82, 2.24) is 5.32 Å². The molecule has 0 rings (SSSR count). The highest BCUT2D eigenvalue weighted by molar-refractivity contribution is 5.76. The third-order valence-corrected chi connectivity index (χ3v) is 16.6. The summed E-state index contributed by atoms with van der Waals surface area (Å²) in [6.07, 6.45) is 88.3. The fourth-order valence-corrected chi connectivity index (χ4v) is 11.2. The number of nitrogens with one attached hydrogen (secondary N) is 1. The fraction of sp³-hybridized carbons (Fsp3) is 0.890. The number of carbonyl (C=O) groups is 2. The molecule has 3 N–H and O–H groups in total. The van der Waals surface area contributed by atoms with Gasteiger partial charge in [0.1, 0.15) is 0 Å². The van der Waals surface area contributed by atoms with Crippen molar-refractivity contribution in [2.75, 3.05) is 13.2 Å². The second kappa shape index (κ2) is 68.6.